The van der Waals surface area contributed by atoms with Crippen LogP contribution in [-0.4, -0.2) is 24.5 Å². The molecule has 1 N–H and O–H groups in total. The average Bonchev–Trinajstić information content (AvgIpc) is 2.84. The minimum atomic E-state index is -1.45. The van der Waals surface area contributed by atoms with Gasteiger partial charge in [-0.25, -0.2) is 4.79 Å². The molecule has 1 aromatic rings. The Labute approximate surface area is 138 Å². The number of esters is 1. The van der Waals surface area contributed by atoms with Gasteiger partial charge in [-0.1, -0.05) is 6.92 Å². The zero-order chi connectivity index (χ0) is 17.0. The number of amides is 1. The molecule has 1 atom stereocenters. The quantitative estimate of drug-likeness (QED) is 0.651. The lowest BCUT2D eigenvalue weighted by atomic mass is 9.86. The van der Waals surface area contributed by atoms with E-state index in [9.17, 15) is 19.5 Å². The summed E-state index contributed by atoms with van der Waals surface area (Å²) in [5, 5.41) is 13.4. The fraction of sp³-hybridized carbons (Fsp3) is 0.438. The van der Waals surface area contributed by atoms with Crippen molar-refractivity contribution in [2.75, 3.05) is 11.9 Å². The van der Waals surface area contributed by atoms with Gasteiger partial charge >= 0.3 is 5.97 Å². The monoisotopic (exact) mass is 336 g/mol. The van der Waals surface area contributed by atoms with Crippen LogP contribution in [0.5, 0.6) is 0 Å². The highest BCUT2D eigenvalue weighted by Gasteiger charge is 2.30. The van der Waals surface area contributed by atoms with Crippen molar-refractivity contribution in [3.8, 4) is 0 Å². The number of hydrogen-bond donors (Lipinski definition) is 1. The molecule has 6 nitrogen and oxygen atoms in total. The molecule has 0 bridgehead atoms. The highest BCUT2D eigenvalue weighted by Crippen LogP contribution is 2.43. The van der Waals surface area contributed by atoms with Crippen molar-refractivity contribution in [1.29, 1.82) is 0 Å². The second-order valence-electron chi connectivity index (χ2n) is 5.30. The fourth-order valence-electron chi connectivity index (χ4n) is 2.70. The summed E-state index contributed by atoms with van der Waals surface area (Å²) in [5.41, 5.74) is 1.34. The van der Waals surface area contributed by atoms with Gasteiger partial charge in [0.25, 0.3) is 0 Å². The molecule has 1 amide bonds. The van der Waals surface area contributed by atoms with E-state index < -0.39 is 17.8 Å². The maximum Gasteiger partial charge on any atom is 0.341 e. The maximum absolute atomic E-state index is 12.3. The van der Waals surface area contributed by atoms with E-state index in [1.807, 2.05) is 0 Å². The summed E-state index contributed by atoms with van der Waals surface area (Å²) in [6.45, 7) is 4.02. The Bertz CT molecular complexity index is 662. The van der Waals surface area contributed by atoms with E-state index >= 15 is 0 Å². The molecule has 0 aromatic carbocycles. The molecule has 0 aliphatic heterocycles. The predicted octanol–water partition coefficient (Wildman–Crippen LogP) is 1.61. The summed E-state index contributed by atoms with van der Waals surface area (Å²) in [4.78, 5) is 35.6. The van der Waals surface area contributed by atoms with Crippen LogP contribution in [0.2, 0.25) is 0 Å². The summed E-state index contributed by atoms with van der Waals surface area (Å²) in [7, 11) is 0. The first-order valence-corrected chi connectivity index (χ1v) is 8.28. The highest BCUT2D eigenvalue weighted by molar-refractivity contribution is 7.17. The van der Waals surface area contributed by atoms with Gasteiger partial charge in [-0.2, -0.15) is 0 Å². The summed E-state index contributed by atoms with van der Waals surface area (Å²) in [6.07, 6.45) is 4.40. The number of rotatable bonds is 5. The molecule has 0 unspecified atom stereocenters. The van der Waals surface area contributed by atoms with Crippen LogP contribution in [0, 0.1) is 0 Å². The fourth-order valence-corrected chi connectivity index (χ4v) is 4.06. The first-order chi connectivity index (χ1) is 10.9. The van der Waals surface area contributed by atoms with Gasteiger partial charge in [0.15, 0.2) is 0 Å². The first-order valence-electron chi connectivity index (χ1n) is 7.46. The molecule has 124 valence electrons. The number of ether oxygens (including phenoxy) is 1. The van der Waals surface area contributed by atoms with Crippen LogP contribution in [-0.2, 0) is 20.7 Å². The van der Waals surface area contributed by atoms with Gasteiger partial charge in [-0.05, 0) is 43.7 Å². The van der Waals surface area contributed by atoms with Crippen molar-refractivity contribution in [3.63, 3.8) is 0 Å². The smallest absolute Gasteiger partial charge is 0.341 e. The first kappa shape index (κ1) is 17.2. The van der Waals surface area contributed by atoms with Crippen molar-refractivity contribution in [2.45, 2.75) is 39.0 Å². The molecule has 1 aliphatic carbocycles. The number of hydrogen-bond acceptors (Lipinski definition) is 6. The van der Waals surface area contributed by atoms with Gasteiger partial charge in [0.1, 0.15) is 5.00 Å². The van der Waals surface area contributed by atoms with Gasteiger partial charge < -0.3 is 20.0 Å². The van der Waals surface area contributed by atoms with Crippen LogP contribution in [0.15, 0.2) is 12.2 Å². The number of anilines is 1. The number of aryl methyl sites for hydroxylation is 1. The lowest BCUT2D eigenvalue weighted by molar-refractivity contribution is -0.297. The van der Waals surface area contributed by atoms with Gasteiger partial charge in [0, 0.05) is 11.0 Å². The van der Waals surface area contributed by atoms with Crippen molar-refractivity contribution in [2.24, 2.45) is 0 Å². The second kappa shape index (κ2) is 7.41. The average molecular weight is 336 g/mol. The number of carboxylic acid groups (broad SMARTS) is 1. The molecule has 1 aromatic heterocycles. The normalized spacial score (nSPS) is 16.9. The number of carboxylic acids is 1. The Morgan fingerprint density at radius 1 is 1.39 bits per heavy atom. The van der Waals surface area contributed by atoms with Crippen molar-refractivity contribution >= 4 is 34.2 Å². The molecule has 7 heteroatoms. The molecule has 0 saturated heterocycles. The van der Waals surface area contributed by atoms with Crippen LogP contribution in [0.3, 0.4) is 0 Å². The van der Waals surface area contributed by atoms with Gasteiger partial charge in [-0.15, -0.1) is 11.3 Å². The van der Waals surface area contributed by atoms with E-state index in [-0.39, 0.29) is 12.5 Å². The van der Waals surface area contributed by atoms with Crippen molar-refractivity contribution in [1.82, 2.24) is 0 Å². The lowest BCUT2D eigenvalue weighted by Gasteiger charge is -2.19. The SMILES string of the molecule is CCOC(=O)c1c(NC(=O)C=CC(=O)[O-])sc2c1[C@@H](C)CCC2. The highest BCUT2D eigenvalue weighted by atomic mass is 32.1. The van der Waals surface area contributed by atoms with Gasteiger partial charge in [0.05, 0.1) is 18.1 Å². The zero-order valence-corrected chi connectivity index (χ0v) is 13.8. The summed E-state index contributed by atoms with van der Waals surface area (Å²) >= 11 is 1.35. The Balaban J connectivity index is 2.36. The van der Waals surface area contributed by atoms with Crippen LogP contribution < -0.4 is 10.4 Å². The third-order valence-corrected chi connectivity index (χ3v) is 4.82. The largest absolute Gasteiger partial charge is 0.545 e. The third kappa shape index (κ3) is 3.98. The second-order valence-corrected chi connectivity index (χ2v) is 6.40. The summed E-state index contributed by atoms with van der Waals surface area (Å²) in [6, 6.07) is 0. The van der Waals surface area contributed by atoms with Crippen molar-refractivity contribution in [3.05, 3.63) is 28.2 Å². The molecular weight excluding hydrogens is 318 g/mol. The van der Waals surface area contributed by atoms with E-state index in [0.29, 0.717) is 16.6 Å². The minimum absolute atomic E-state index is 0.221. The lowest BCUT2D eigenvalue weighted by Crippen LogP contribution is -2.20. The Hall–Kier alpha value is -2.15. The molecular formula is C16H18NO5S-. The van der Waals surface area contributed by atoms with Gasteiger partial charge in [0.2, 0.25) is 5.91 Å². The number of fused-ring (bicyclic) bond motifs is 1. The molecule has 0 radical (unpaired) electrons. The van der Waals surface area contributed by atoms with E-state index in [1.165, 1.54) is 11.3 Å². The maximum atomic E-state index is 12.3. The molecule has 1 aliphatic rings. The van der Waals surface area contributed by atoms with Crippen LogP contribution in [0.25, 0.3) is 0 Å². The number of nitrogens with one attached hydrogen (secondary N) is 1. The Morgan fingerprint density at radius 2 is 2.13 bits per heavy atom. The zero-order valence-electron chi connectivity index (χ0n) is 13.0. The third-order valence-electron chi connectivity index (χ3n) is 3.64. The molecule has 1 heterocycles. The van der Waals surface area contributed by atoms with E-state index in [1.54, 1.807) is 6.92 Å². The minimum Gasteiger partial charge on any atom is -0.545 e. The van der Waals surface area contributed by atoms with Gasteiger partial charge in [-0.3, -0.25) is 4.79 Å². The van der Waals surface area contributed by atoms with Crippen LogP contribution in [0.1, 0.15) is 53.4 Å². The molecule has 0 saturated carbocycles. The topological polar surface area (TPSA) is 95.5 Å². The Morgan fingerprint density at radius 3 is 2.78 bits per heavy atom. The number of aliphatic carboxylic acids is 1. The van der Waals surface area contributed by atoms with E-state index in [0.717, 1.165) is 35.8 Å². The van der Waals surface area contributed by atoms with Crippen molar-refractivity contribution < 1.29 is 24.2 Å². The van der Waals surface area contributed by atoms with E-state index in [4.69, 9.17) is 4.74 Å². The van der Waals surface area contributed by atoms with Crippen LogP contribution >= 0.6 is 11.3 Å². The van der Waals surface area contributed by atoms with E-state index in [2.05, 4.69) is 12.2 Å². The number of carbonyl (C=O) groups excluding carboxylic acids is 3. The molecule has 2 rings (SSSR count). The molecule has 0 fully saturated rings. The van der Waals surface area contributed by atoms with Crippen LogP contribution in [0.4, 0.5) is 5.00 Å². The summed E-state index contributed by atoms with van der Waals surface area (Å²) < 4.78 is 5.12. The summed E-state index contributed by atoms with van der Waals surface area (Å²) in [5.74, 6) is -2.31. The predicted molar refractivity (Wildman–Crippen MR) is 84.4 cm³/mol. The molecule has 0 spiro atoms. The Kier molecular flexibility index (Phi) is 5.54. The number of carbonyl (C=O) groups is 3. The number of thiophene rings is 1. The standard InChI is InChI=1S/C16H19NO5S/c1-3-22-16(21)14-13-9(2)5-4-6-10(13)23-15(14)17-11(18)7-8-12(19)20/h7-9H,3-6H2,1-2H3,(H,17,18)(H,19,20)/p-1/t9-/m0/s1. The molecule has 23 heavy (non-hydrogen) atoms.